The van der Waals surface area contributed by atoms with Crippen LogP contribution in [0, 0.1) is 11.8 Å². The third-order valence-corrected chi connectivity index (χ3v) is 5.40. The highest BCUT2D eigenvalue weighted by Gasteiger charge is 2.27. The summed E-state index contributed by atoms with van der Waals surface area (Å²) in [6.07, 6.45) is 6.60. The van der Waals surface area contributed by atoms with Crippen molar-refractivity contribution in [2.24, 2.45) is 11.8 Å². The lowest BCUT2D eigenvalue weighted by molar-refractivity contribution is 0.221. The van der Waals surface area contributed by atoms with Gasteiger partial charge in [0.25, 0.3) is 0 Å². The van der Waals surface area contributed by atoms with E-state index >= 15 is 0 Å². The smallest absolute Gasteiger partial charge is 0.00959 e. The average Bonchev–Trinajstić information content (AvgIpc) is 2.77. The molecule has 0 radical (unpaired) electrons. The molecule has 0 spiro atoms. The minimum Gasteiger partial charge on any atom is -0.317 e. The minimum atomic E-state index is 0.735. The zero-order chi connectivity index (χ0) is 12.3. The molecular weight excluding hydrogens is 226 g/mol. The minimum absolute atomic E-state index is 0.735. The lowest BCUT2D eigenvalue weighted by atomic mass is 9.77. The highest BCUT2D eigenvalue weighted by molar-refractivity contribution is 7.11. The van der Waals surface area contributed by atoms with Crippen LogP contribution < -0.4 is 5.32 Å². The van der Waals surface area contributed by atoms with E-state index in [2.05, 4.69) is 38.3 Å². The molecule has 1 nitrogen and oxygen atoms in total. The standard InChI is InChI=1S/C15H25NS/c1-4-13-6-7-14(17-13)10-12-9-11(2)5-8-15(12)16-3/h6-7,11-12,15-16H,4-5,8-10H2,1-3H3. The Balaban J connectivity index is 1.99. The van der Waals surface area contributed by atoms with Crippen molar-refractivity contribution in [3.05, 3.63) is 21.9 Å². The maximum Gasteiger partial charge on any atom is 0.00959 e. The van der Waals surface area contributed by atoms with Crippen molar-refractivity contribution in [1.29, 1.82) is 0 Å². The van der Waals surface area contributed by atoms with Gasteiger partial charge in [-0.1, -0.05) is 13.8 Å². The monoisotopic (exact) mass is 251 g/mol. The van der Waals surface area contributed by atoms with Crippen molar-refractivity contribution in [2.75, 3.05) is 7.05 Å². The summed E-state index contributed by atoms with van der Waals surface area (Å²) in [7, 11) is 2.12. The van der Waals surface area contributed by atoms with E-state index in [-0.39, 0.29) is 0 Å². The molecule has 2 rings (SSSR count). The van der Waals surface area contributed by atoms with E-state index in [1.165, 1.54) is 37.0 Å². The zero-order valence-corrected chi connectivity index (χ0v) is 12.1. The van der Waals surface area contributed by atoms with Crippen molar-refractivity contribution in [3.8, 4) is 0 Å². The van der Waals surface area contributed by atoms with E-state index in [1.807, 2.05) is 11.3 Å². The molecule has 1 aromatic heterocycles. The Bertz CT molecular complexity index is 344. The summed E-state index contributed by atoms with van der Waals surface area (Å²) in [4.78, 5) is 3.12. The summed E-state index contributed by atoms with van der Waals surface area (Å²) in [6.45, 7) is 4.65. The van der Waals surface area contributed by atoms with Crippen molar-refractivity contribution in [3.63, 3.8) is 0 Å². The molecule has 1 aromatic rings. The van der Waals surface area contributed by atoms with Crippen LogP contribution in [-0.4, -0.2) is 13.1 Å². The fraction of sp³-hybridized carbons (Fsp3) is 0.733. The maximum atomic E-state index is 3.52. The summed E-state index contributed by atoms with van der Waals surface area (Å²) in [5, 5.41) is 3.52. The molecule has 17 heavy (non-hydrogen) atoms. The summed E-state index contributed by atoms with van der Waals surface area (Å²) < 4.78 is 0. The molecule has 0 bridgehead atoms. The van der Waals surface area contributed by atoms with Gasteiger partial charge >= 0.3 is 0 Å². The first-order valence-electron chi connectivity index (χ1n) is 6.97. The number of rotatable bonds is 4. The van der Waals surface area contributed by atoms with Crippen LogP contribution in [0.5, 0.6) is 0 Å². The molecule has 1 fully saturated rings. The highest BCUT2D eigenvalue weighted by atomic mass is 32.1. The summed E-state index contributed by atoms with van der Waals surface area (Å²) in [5.41, 5.74) is 0. The molecule has 0 amide bonds. The van der Waals surface area contributed by atoms with Gasteiger partial charge in [0.1, 0.15) is 0 Å². The Labute approximate surface area is 110 Å². The van der Waals surface area contributed by atoms with Gasteiger partial charge in [0.05, 0.1) is 0 Å². The van der Waals surface area contributed by atoms with Crippen LogP contribution in [0.4, 0.5) is 0 Å². The van der Waals surface area contributed by atoms with E-state index in [9.17, 15) is 0 Å². The fourth-order valence-corrected chi connectivity index (χ4v) is 4.14. The van der Waals surface area contributed by atoms with Gasteiger partial charge in [0.2, 0.25) is 0 Å². The molecule has 3 unspecified atom stereocenters. The van der Waals surface area contributed by atoms with Gasteiger partial charge in [-0.05, 0) is 63.1 Å². The average molecular weight is 251 g/mol. The molecular formula is C15H25NS. The van der Waals surface area contributed by atoms with Crippen LogP contribution in [0.2, 0.25) is 0 Å². The Kier molecular flexibility index (Phi) is 4.63. The maximum absolute atomic E-state index is 3.52. The summed E-state index contributed by atoms with van der Waals surface area (Å²) in [6, 6.07) is 5.38. The van der Waals surface area contributed by atoms with Gasteiger partial charge in [-0.2, -0.15) is 0 Å². The first-order valence-corrected chi connectivity index (χ1v) is 7.79. The van der Waals surface area contributed by atoms with Crippen LogP contribution in [-0.2, 0) is 12.8 Å². The van der Waals surface area contributed by atoms with E-state index < -0.39 is 0 Å². The van der Waals surface area contributed by atoms with Crippen molar-refractivity contribution < 1.29 is 0 Å². The molecule has 96 valence electrons. The van der Waals surface area contributed by atoms with Gasteiger partial charge in [0.15, 0.2) is 0 Å². The molecule has 0 saturated heterocycles. The Morgan fingerprint density at radius 1 is 1.29 bits per heavy atom. The zero-order valence-electron chi connectivity index (χ0n) is 11.3. The van der Waals surface area contributed by atoms with E-state index in [0.717, 1.165) is 17.9 Å². The van der Waals surface area contributed by atoms with Gasteiger partial charge in [-0.3, -0.25) is 0 Å². The Morgan fingerprint density at radius 2 is 2.06 bits per heavy atom. The lowest BCUT2D eigenvalue weighted by Crippen LogP contribution is -2.39. The number of nitrogens with one attached hydrogen (secondary N) is 1. The number of hydrogen-bond acceptors (Lipinski definition) is 2. The quantitative estimate of drug-likeness (QED) is 0.856. The second kappa shape index (κ2) is 6.01. The van der Waals surface area contributed by atoms with Crippen LogP contribution in [0.3, 0.4) is 0 Å². The molecule has 1 aliphatic rings. The first kappa shape index (κ1) is 13.1. The van der Waals surface area contributed by atoms with Crippen molar-refractivity contribution in [2.45, 2.75) is 52.0 Å². The van der Waals surface area contributed by atoms with E-state index in [0.29, 0.717) is 0 Å². The third-order valence-electron chi connectivity index (χ3n) is 4.14. The predicted molar refractivity (Wildman–Crippen MR) is 76.8 cm³/mol. The molecule has 0 aliphatic heterocycles. The number of aryl methyl sites for hydroxylation is 1. The second-order valence-electron chi connectivity index (χ2n) is 5.50. The van der Waals surface area contributed by atoms with Crippen LogP contribution in [0.15, 0.2) is 12.1 Å². The molecule has 1 heterocycles. The van der Waals surface area contributed by atoms with Crippen LogP contribution in [0.25, 0.3) is 0 Å². The first-order chi connectivity index (χ1) is 8.22. The largest absolute Gasteiger partial charge is 0.317 e. The SMILES string of the molecule is CCc1ccc(CC2CC(C)CCC2NC)s1. The Hall–Kier alpha value is -0.340. The van der Waals surface area contributed by atoms with Gasteiger partial charge < -0.3 is 5.32 Å². The second-order valence-corrected chi connectivity index (χ2v) is 6.75. The van der Waals surface area contributed by atoms with Crippen molar-refractivity contribution >= 4 is 11.3 Å². The van der Waals surface area contributed by atoms with E-state index in [1.54, 1.807) is 4.88 Å². The molecule has 1 aliphatic carbocycles. The van der Waals surface area contributed by atoms with Crippen LogP contribution >= 0.6 is 11.3 Å². The number of hydrogen-bond donors (Lipinski definition) is 1. The molecule has 0 aromatic carbocycles. The third kappa shape index (κ3) is 3.32. The molecule has 1 N–H and O–H groups in total. The topological polar surface area (TPSA) is 12.0 Å². The molecule has 2 heteroatoms. The van der Waals surface area contributed by atoms with Gasteiger partial charge in [0, 0.05) is 15.8 Å². The molecule has 1 saturated carbocycles. The normalized spacial score (nSPS) is 29.5. The molecule has 3 atom stereocenters. The predicted octanol–water partition coefficient (Wildman–Crippen LogP) is 3.88. The lowest BCUT2D eigenvalue weighted by Gasteiger charge is -2.34. The highest BCUT2D eigenvalue weighted by Crippen LogP contribution is 2.32. The van der Waals surface area contributed by atoms with E-state index in [4.69, 9.17) is 0 Å². The number of thiophene rings is 1. The van der Waals surface area contributed by atoms with Gasteiger partial charge in [-0.25, -0.2) is 0 Å². The van der Waals surface area contributed by atoms with Gasteiger partial charge in [-0.15, -0.1) is 11.3 Å². The summed E-state index contributed by atoms with van der Waals surface area (Å²) >= 11 is 2.01. The fourth-order valence-electron chi connectivity index (χ4n) is 3.08. The Morgan fingerprint density at radius 3 is 2.71 bits per heavy atom. The van der Waals surface area contributed by atoms with Crippen molar-refractivity contribution in [1.82, 2.24) is 5.32 Å². The van der Waals surface area contributed by atoms with Crippen LogP contribution in [0.1, 0.15) is 42.9 Å². The summed E-state index contributed by atoms with van der Waals surface area (Å²) in [5.74, 6) is 1.75.